The van der Waals surface area contributed by atoms with E-state index >= 15 is 0 Å². The third kappa shape index (κ3) is 2.27. The summed E-state index contributed by atoms with van der Waals surface area (Å²) in [5.74, 6) is -1.74. The summed E-state index contributed by atoms with van der Waals surface area (Å²) in [6, 6.07) is 1.50. The standard InChI is InChI=1S/C12H14N2O4/c1-7(15)9-4-10(13-5-9)11(16)14-3-2-8(6-14)12(17)18/h4-5,8,13H,2-3,6H2,1H3,(H,17,18). The van der Waals surface area contributed by atoms with Crippen LogP contribution in [0.15, 0.2) is 12.3 Å². The first-order chi connectivity index (χ1) is 8.49. The van der Waals surface area contributed by atoms with Gasteiger partial charge < -0.3 is 15.0 Å². The van der Waals surface area contributed by atoms with Crippen LogP contribution >= 0.6 is 0 Å². The highest BCUT2D eigenvalue weighted by Gasteiger charge is 2.31. The normalized spacial score (nSPS) is 18.9. The molecule has 18 heavy (non-hydrogen) atoms. The number of aromatic nitrogens is 1. The minimum Gasteiger partial charge on any atom is -0.481 e. The Morgan fingerprint density at radius 3 is 2.67 bits per heavy atom. The number of amides is 1. The summed E-state index contributed by atoms with van der Waals surface area (Å²) in [6.07, 6.45) is 1.96. The van der Waals surface area contributed by atoms with Crippen molar-refractivity contribution in [2.24, 2.45) is 5.92 Å². The van der Waals surface area contributed by atoms with Gasteiger partial charge >= 0.3 is 5.97 Å². The van der Waals surface area contributed by atoms with Crippen molar-refractivity contribution in [3.8, 4) is 0 Å². The number of carboxylic acid groups (broad SMARTS) is 1. The number of hydrogen-bond acceptors (Lipinski definition) is 3. The van der Waals surface area contributed by atoms with E-state index in [1.165, 1.54) is 24.1 Å². The number of aliphatic carboxylic acids is 1. The van der Waals surface area contributed by atoms with Gasteiger partial charge in [0.2, 0.25) is 0 Å². The Balaban J connectivity index is 2.08. The molecule has 2 rings (SSSR count). The Kier molecular flexibility index (Phi) is 3.18. The number of likely N-dealkylation sites (tertiary alicyclic amines) is 1. The molecule has 2 heterocycles. The molecule has 6 heteroatoms. The van der Waals surface area contributed by atoms with Crippen LogP contribution in [-0.4, -0.2) is 45.7 Å². The van der Waals surface area contributed by atoms with Crippen LogP contribution in [0, 0.1) is 5.92 Å². The van der Waals surface area contributed by atoms with E-state index < -0.39 is 11.9 Å². The fraction of sp³-hybridized carbons (Fsp3) is 0.417. The fourth-order valence-corrected chi connectivity index (χ4v) is 2.04. The number of hydrogen-bond donors (Lipinski definition) is 2. The predicted octanol–water partition coefficient (Wildman–Crippen LogP) is 0.764. The van der Waals surface area contributed by atoms with Gasteiger partial charge in [0, 0.05) is 24.8 Å². The quantitative estimate of drug-likeness (QED) is 0.775. The molecule has 6 nitrogen and oxygen atoms in total. The van der Waals surface area contributed by atoms with Crippen molar-refractivity contribution in [3.05, 3.63) is 23.5 Å². The minimum absolute atomic E-state index is 0.116. The Hall–Kier alpha value is -2.11. The van der Waals surface area contributed by atoms with E-state index in [1.54, 1.807) is 0 Å². The Morgan fingerprint density at radius 1 is 1.44 bits per heavy atom. The monoisotopic (exact) mass is 250 g/mol. The molecule has 1 saturated heterocycles. The molecule has 1 amide bonds. The molecule has 1 aromatic heterocycles. The van der Waals surface area contributed by atoms with Gasteiger partial charge in [0.25, 0.3) is 5.91 Å². The van der Waals surface area contributed by atoms with Gasteiger partial charge in [0.15, 0.2) is 5.78 Å². The predicted molar refractivity (Wildman–Crippen MR) is 62.4 cm³/mol. The summed E-state index contributed by atoms with van der Waals surface area (Å²) in [4.78, 5) is 38.2. The fourth-order valence-electron chi connectivity index (χ4n) is 2.04. The van der Waals surface area contributed by atoms with Crippen LogP contribution in [-0.2, 0) is 4.79 Å². The zero-order valence-electron chi connectivity index (χ0n) is 9.97. The van der Waals surface area contributed by atoms with Gasteiger partial charge in [-0.15, -0.1) is 0 Å². The number of nitrogens with one attached hydrogen (secondary N) is 1. The number of rotatable bonds is 3. The third-order valence-corrected chi connectivity index (χ3v) is 3.14. The van der Waals surface area contributed by atoms with Crippen molar-refractivity contribution in [1.82, 2.24) is 9.88 Å². The molecule has 96 valence electrons. The first-order valence-corrected chi connectivity index (χ1v) is 5.70. The second-order valence-electron chi connectivity index (χ2n) is 4.43. The molecule has 0 aromatic carbocycles. The molecule has 1 fully saturated rings. The number of nitrogens with zero attached hydrogens (tertiary/aromatic N) is 1. The van der Waals surface area contributed by atoms with Gasteiger partial charge in [-0.05, 0) is 19.4 Å². The molecular formula is C12H14N2O4. The molecule has 0 saturated carbocycles. The molecule has 1 aliphatic heterocycles. The van der Waals surface area contributed by atoms with Crippen LogP contribution in [0.5, 0.6) is 0 Å². The van der Waals surface area contributed by atoms with Crippen LogP contribution in [0.1, 0.15) is 34.2 Å². The number of H-pyrrole nitrogens is 1. The lowest BCUT2D eigenvalue weighted by Crippen LogP contribution is -2.30. The Labute approximate surface area is 104 Å². The molecule has 1 atom stereocenters. The van der Waals surface area contributed by atoms with Crippen molar-refractivity contribution in [3.63, 3.8) is 0 Å². The average molecular weight is 250 g/mol. The van der Waals surface area contributed by atoms with Crippen molar-refractivity contribution in [2.45, 2.75) is 13.3 Å². The van der Waals surface area contributed by atoms with E-state index in [9.17, 15) is 14.4 Å². The molecule has 0 radical (unpaired) electrons. The van der Waals surface area contributed by atoms with Crippen molar-refractivity contribution in [2.75, 3.05) is 13.1 Å². The van der Waals surface area contributed by atoms with E-state index in [0.717, 1.165) is 0 Å². The topological polar surface area (TPSA) is 90.5 Å². The SMILES string of the molecule is CC(=O)c1c[nH]c(C(=O)N2CCC(C(=O)O)C2)c1. The lowest BCUT2D eigenvalue weighted by molar-refractivity contribution is -0.141. The van der Waals surface area contributed by atoms with Gasteiger partial charge in [-0.2, -0.15) is 0 Å². The average Bonchev–Trinajstić information content (AvgIpc) is 2.97. The van der Waals surface area contributed by atoms with Gasteiger partial charge in [0.1, 0.15) is 5.69 Å². The Bertz CT molecular complexity index is 506. The highest BCUT2D eigenvalue weighted by atomic mass is 16.4. The maximum Gasteiger partial charge on any atom is 0.308 e. The summed E-state index contributed by atoms with van der Waals surface area (Å²) < 4.78 is 0. The molecule has 2 N–H and O–H groups in total. The number of ketones is 1. The first kappa shape index (κ1) is 12.3. The van der Waals surface area contributed by atoms with Gasteiger partial charge in [-0.3, -0.25) is 14.4 Å². The zero-order valence-corrected chi connectivity index (χ0v) is 9.97. The molecule has 0 aliphatic carbocycles. The zero-order chi connectivity index (χ0) is 13.3. The summed E-state index contributed by atoms with van der Waals surface area (Å²) in [5, 5.41) is 8.87. The van der Waals surface area contributed by atoms with E-state index in [1.807, 2.05) is 0 Å². The first-order valence-electron chi connectivity index (χ1n) is 5.70. The van der Waals surface area contributed by atoms with Crippen molar-refractivity contribution >= 4 is 17.7 Å². The maximum absolute atomic E-state index is 12.0. The van der Waals surface area contributed by atoms with Crippen molar-refractivity contribution in [1.29, 1.82) is 0 Å². The lowest BCUT2D eigenvalue weighted by Gasteiger charge is -2.14. The molecule has 1 aromatic rings. The number of carbonyl (C=O) groups excluding carboxylic acids is 2. The second kappa shape index (κ2) is 4.64. The smallest absolute Gasteiger partial charge is 0.308 e. The summed E-state index contributed by atoms with van der Waals surface area (Å²) in [5.41, 5.74) is 0.776. The number of carboxylic acids is 1. The number of carbonyl (C=O) groups is 3. The molecule has 1 aliphatic rings. The highest BCUT2D eigenvalue weighted by molar-refractivity contribution is 5.99. The van der Waals surface area contributed by atoms with E-state index in [2.05, 4.69) is 4.98 Å². The van der Waals surface area contributed by atoms with Crippen LogP contribution in [0.3, 0.4) is 0 Å². The molecule has 1 unspecified atom stereocenters. The summed E-state index contributed by atoms with van der Waals surface area (Å²) in [7, 11) is 0. The highest BCUT2D eigenvalue weighted by Crippen LogP contribution is 2.19. The largest absolute Gasteiger partial charge is 0.481 e. The van der Waals surface area contributed by atoms with Crippen LogP contribution in [0.25, 0.3) is 0 Å². The summed E-state index contributed by atoms with van der Waals surface area (Å²) >= 11 is 0. The van der Waals surface area contributed by atoms with Gasteiger partial charge in [0.05, 0.1) is 5.92 Å². The second-order valence-corrected chi connectivity index (χ2v) is 4.43. The number of aromatic amines is 1. The lowest BCUT2D eigenvalue weighted by atomic mass is 10.1. The van der Waals surface area contributed by atoms with Gasteiger partial charge in [-0.1, -0.05) is 0 Å². The van der Waals surface area contributed by atoms with Crippen molar-refractivity contribution < 1.29 is 19.5 Å². The molecule has 0 spiro atoms. The summed E-state index contributed by atoms with van der Waals surface area (Å²) in [6.45, 7) is 2.08. The maximum atomic E-state index is 12.0. The minimum atomic E-state index is -0.874. The molecule has 0 bridgehead atoms. The number of Topliss-reactive ketones (excluding diaryl/α,β-unsaturated/α-hetero) is 1. The third-order valence-electron chi connectivity index (χ3n) is 3.14. The van der Waals surface area contributed by atoms with Crippen LogP contribution in [0.2, 0.25) is 0 Å². The van der Waals surface area contributed by atoms with E-state index in [4.69, 9.17) is 5.11 Å². The van der Waals surface area contributed by atoms with Crippen LogP contribution < -0.4 is 0 Å². The van der Waals surface area contributed by atoms with E-state index in [-0.39, 0.29) is 18.2 Å². The van der Waals surface area contributed by atoms with E-state index in [0.29, 0.717) is 24.2 Å². The molecular weight excluding hydrogens is 236 g/mol. The Morgan fingerprint density at radius 2 is 2.17 bits per heavy atom. The van der Waals surface area contributed by atoms with Crippen LogP contribution in [0.4, 0.5) is 0 Å². The van der Waals surface area contributed by atoms with Gasteiger partial charge in [-0.25, -0.2) is 0 Å².